The Bertz CT molecular complexity index is 385. The van der Waals surface area contributed by atoms with E-state index in [4.69, 9.17) is 4.55 Å². The molecule has 0 aromatic carbocycles. The van der Waals surface area contributed by atoms with Crippen LogP contribution in [0.15, 0.2) is 30.6 Å². The molecule has 1 aromatic heterocycles. The third-order valence-corrected chi connectivity index (χ3v) is 3.66. The molecule has 0 aliphatic carbocycles. The van der Waals surface area contributed by atoms with E-state index in [-0.39, 0.29) is 12.4 Å². The third-order valence-electron chi connectivity index (χ3n) is 2.85. The number of rotatable bonds is 10. The molecular weight excluding hydrogens is 293 g/mol. The van der Waals surface area contributed by atoms with Gasteiger partial charge < -0.3 is 0 Å². The van der Waals surface area contributed by atoms with E-state index in [0.717, 1.165) is 38.5 Å². The fourth-order valence-electron chi connectivity index (χ4n) is 1.75. The monoisotopic (exact) mass is 319 g/mol. The summed E-state index contributed by atoms with van der Waals surface area (Å²) in [6.07, 6.45) is 10.7. The van der Waals surface area contributed by atoms with Gasteiger partial charge in [0.05, 0.1) is 12.4 Å². The van der Waals surface area contributed by atoms with Crippen molar-refractivity contribution in [3.63, 3.8) is 0 Å². The van der Waals surface area contributed by atoms with Gasteiger partial charge in [0, 0.05) is 12.4 Å². The van der Waals surface area contributed by atoms with Gasteiger partial charge in [-0.15, -0.1) is 0 Å². The van der Waals surface area contributed by atoms with Crippen molar-refractivity contribution < 1.29 is 17.4 Å². The van der Waals surface area contributed by atoms with E-state index in [1.807, 2.05) is 18.2 Å². The van der Waals surface area contributed by atoms with Crippen LogP contribution in [-0.4, -0.2) is 30.4 Å². The number of unbranched alkanes of at least 4 members (excludes halogenated alkanes) is 7. The summed E-state index contributed by atoms with van der Waals surface area (Å²) in [6, 6.07) is 5.72. The van der Waals surface area contributed by atoms with Crippen molar-refractivity contribution in [2.24, 2.45) is 0 Å². The van der Waals surface area contributed by atoms with Gasteiger partial charge in [-0.3, -0.25) is 13.9 Å². The smallest absolute Gasteiger partial charge is 0.264 e. The zero-order valence-electron chi connectivity index (χ0n) is 12.5. The van der Waals surface area contributed by atoms with Crippen LogP contribution in [0.5, 0.6) is 0 Å². The first-order chi connectivity index (χ1) is 10.1. The Labute approximate surface area is 127 Å². The number of aromatic nitrogens is 1. The van der Waals surface area contributed by atoms with Crippen LogP contribution in [0, 0.1) is 0 Å². The van der Waals surface area contributed by atoms with Crippen LogP contribution in [0.1, 0.15) is 51.4 Å². The molecule has 0 atom stereocenters. The van der Waals surface area contributed by atoms with Gasteiger partial charge >= 0.3 is 0 Å². The molecule has 0 aliphatic heterocycles. The van der Waals surface area contributed by atoms with Gasteiger partial charge in [-0.05, 0) is 25.0 Å². The molecule has 1 N–H and O–H groups in total. The van der Waals surface area contributed by atoms with Crippen molar-refractivity contribution in [2.75, 3.05) is 12.4 Å². The van der Waals surface area contributed by atoms with E-state index in [9.17, 15) is 12.8 Å². The molecule has 1 aromatic rings. The molecule has 122 valence electrons. The van der Waals surface area contributed by atoms with E-state index >= 15 is 0 Å². The molecule has 0 spiro atoms. The number of halogens is 1. The van der Waals surface area contributed by atoms with Crippen molar-refractivity contribution in [1.82, 2.24) is 4.98 Å². The third kappa shape index (κ3) is 19.0. The Morgan fingerprint density at radius 2 is 1.29 bits per heavy atom. The Morgan fingerprint density at radius 3 is 1.62 bits per heavy atom. The van der Waals surface area contributed by atoms with Crippen LogP contribution < -0.4 is 0 Å². The molecule has 0 fully saturated rings. The highest BCUT2D eigenvalue weighted by atomic mass is 32.2. The van der Waals surface area contributed by atoms with Crippen LogP contribution in [0.3, 0.4) is 0 Å². The van der Waals surface area contributed by atoms with E-state index in [0.29, 0.717) is 12.8 Å². The Balaban J connectivity index is 0.000000547. The van der Waals surface area contributed by atoms with Gasteiger partial charge in [-0.25, -0.2) is 0 Å². The SMILES string of the molecule is O=S(=O)(O)CCCCCCCCCCF.c1ccncc1. The minimum absolute atomic E-state index is 0.130. The largest absolute Gasteiger partial charge is 0.286 e. The molecule has 0 saturated heterocycles. The van der Waals surface area contributed by atoms with E-state index in [1.54, 1.807) is 12.4 Å². The normalized spacial score (nSPS) is 10.8. The first kappa shape index (κ1) is 20.0. The van der Waals surface area contributed by atoms with Gasteiger partial charge in [0.25, 0.3) is 10.1 Å². The molecule has 1 heterocycles. The summed E-state index contributed by atoms with van der Waals surface area (Å²) in [4.78, 5) is 3.78. The Hall–Kier alpha value is -1.01. The second-order valence-electron chi connectivity index (χ2n) is 4.83. The molecule has 1 rings (SSSR count). The number of nitrogens with zero attached hydrogens (tertiary/aromatic N) is 1. The molecule has 4 nitrogen and oxygen atoms in total. The van der Waals surface area contributed by atoms with E-state index in [1.165, 1.54) is 0 Å². The van der Waals surface area contributed by atoms with E-state index < -0.39 is 10.1 Å². The molecule has 0 unspecified atom stereocenters. The second-order valence-corrected chi connectivity index (χ2v) is 6.40. The summed E-state index contributed by atoms with van der Waals surface area (Å²) in [5, 5.41) is 0. The maximum absolute atomic E-state index is 11.7. The lowest BCUT2D eigenvalue weighted by Crippen LogP contribution is -2.03. The van der Waals surface area contributed by atoms with Crippen molar-refractivity contribution >= 4 is 10.1 Å². The summed E-state index contributed by atoms with van der Waals surface area (Å²) in [5.41, 5.74) is 0. The lowest BCUT2D eigenvalue weighted by Gasteiger charge is -2.00. The van der Waals surface area contributed by atoms with Crippen molar-refractivity contribution in [3.8, 4) is 0 Å². The van der Waals surface area contributed by atoms with Crippen LogP contribution in [0.2, 0.25) is 0 Å². The van der Waals surface area contributed by atoms with Crippen LogP contribution in [-0.2, 0) is 10.1 Å². The fraction of sp³-hybridized carbons (Fsp3) is 0.667. The number of hydrogen-bond acceptors (Lipinski definition) is 3. The van der Waals surface area contributed by atoms with Gasteiger partial charge in [0.2, 0.25) is 0 Å². The maximum Gasteiger partial charge on any atom is 0.264 e. The number of hydrogen-bond donors (Lipinski definition) is 1. The Morgan fingerprint density at radius 1 is 0.810 bits per heavy atom. The predicted molar refractivity (Wildman–Crippen MR) is 83.6 cm³/mol. The summed E-state index contributed by atoms with van der Waals surface area (Å²) >= 11 is 0. The highest BCUT2D eigenvalue weighted by Crippen LogP contribution is 2.09. The highest BCUT2D eigenvalue weighted by Gasteiger charge is 2.02. The zero-order chi connectivity index (χ0) is 15.8. The maximum atomic E-state index is 11.7. The highest BCUT2D eigenvalue weighted by molar-refractivity contribution is 7.85. The molecule has 0 amide bonds. The Kier molecular flexibility index (Phi) is 13.3. The second kappa shape index (κ2) is 13.9. The summed E-state index contributed by atoms with van der Waals surface area (Å²) in [5.74, 6) is -0.130. The van der Waals surface area contributed by atoms with Crippen LogP contribution >= 0.6 is 0 Å². The van der Waals surface area contributed by atoms with Crippen LogP contribution in [0.4, 0.5) is 4.39 Å². The summed E-state index contributed by atoms with van der Waals surface area (Å²) in [7, 11) is -3.77. The topological polar surface area (TPSA) is 67.3 Å². The van der Waals surface area contributed by atoms with Gasteiger partial charge in [-0.2, -0.15) is 8.42 Å². The quantitative estimate of drug-likeness (QED) is 0.522. The lowest BCUT2D eigenvalue weighted by molar-refractivity contribution is 0.449. The van der Waals surface area contributed by atoms with Crippen LogP contribution in [0.25, 0.3) is 0 Å². The first-order valence-corrected chi connectivity index (χ1v) is 9.03. The predicted octanol–water partition coefficient (Wildman–Crippen LogP) is 4.05. The van der Waals surface area contributed by atoms with Crippen molar-refractivity contribution in [1.29, 1.82) is 0 Å². The first-order valence-electron chi connectivity index (χ1n) is 7.42. The van der Waals surface area contributed by atoms with Gasteiger partial charge in [0.15, 0.2) is 0 Å². The number of alkyl halides is 1. The van der Waals surface area contributed by atoms with Gasteiger partial charge in [-0.1, -0.05) is 44.6 Å². The molecule has 6 heteroatoms. The average molecular weight is 319 g/mol. The van der Waals surface area contributed by atoms with Gasteiger partial charge in [0.1, 0.15) is 0 Å². The van der Waals surface area contributed by atoms with Crippen molar-refractivity contribution in [2.45, 2.75) is 51.4 Å². The molecule has 0 saturated carbocycles. The molecule has 0 aliphatic rings. The van der Waals surface area contributed by atoms with E-state index in [2.05, 4.69) is 4.98 Å². The summed E-state index contributed by atoms with van der Waals surface area (Å²) < 4.78 is 40.9. The minimum Gasteiger partial charge on any atom is -0.286 e. The lowest BCUT2D eigenvalue weighted by atomic mass is 10.1. The molecular formula is C15H26FNO3S. The molecule has 0 radical (unpaired) electrons. The summed E-state index contributed by atoms with van der Waals surface area (Å²) in [6.45, 7) is -0.228. The average Bonchev–Trinajstić information content (AvgIpc) is 2.47. The van der Waals surface area contributed by atoms with Crippen molar-refractivity contribution in [3.05, 3.63) is 30.6 Å². The minimum atomic E-state index is -3.77. The molecule has 0 bridgehead atoms. The standard InChI is InChI=1S/C10H21FO3S.C5H5N/c11-9-7-5-3-1-2-4-6-8-10-15(12,13)14;1-2-4-6-5-3-1/h1-10H2,(H,12,13,14);1-5H. The number of pyridine rings is 1. The fourth-order valence-corrected chi connectivity index (χ4v) is 2.32. The zero-order valence-corrected chi connectivity index (χ0v) is 13.3. The molecule has 21 heavy (non-hydrogen) atoms.